The molecule has 0 radical (unpaired) electrons. The molecule has 1 aliphatic rings. The molecule has 3 rings (SSSR count). The Bertz CT molecular complexity index is 815. The number of nitro groups is 1. The summed E-state index contributed by atoms with van der Waals surface area (Å²) in [6, 6.07) is 10.4. The summed E-state index contributed by atoms with van der Waals surface area (Å²) in [6.07, 6.45) is -1.04. The van der Waals surface area contributed by atoms with Gasteiger partial charge in [-0.1, -0.05) is 13.8 Å². The standard InChI is InChI=1S/C19H25FN6O2/c1-13(2)11-22-18-8-7-16(26(27)28)19(24-18)23-14-3-5-15(6-4-14)25-10-9-21-17(20)12-25/h3-8,13,17,21H,9-12H2,1-2H3,(H2,22,23,24). The highest BCUT2D eigenvalue weighted by atomic mass is 19.1. The molecule has 1 unspecified atom stereocenters. The van der Waals surface area contributed by atoms with Crippen LogP contribution in [-0.2, 0) is 0 Å². The van der Waals surface area contributed by atoms with Gasteiger partial charge in [0, 0.05) is 37.1 Å². The Kier molecular flexibility index (Phi) is 6.25. The van der Waals surface area contributed by atoms with Gasteiger partial charge in [0.2, 0.25) is 5.82 Å². The fraction of sp³-hybridized carbons (Fsp3) is 0.421. The van der Waals surface area contributed by atoms with Crippen LogP contribution in [0.25, 0.3) is 0 Å². The molecular weight excluding hydrogens is 363 g/mol. The number of nitrogens with zero attached hydrogens (tertiary/aromatic N) is 3. The molecule has 0 aliphatic carbocycles. The van der Waals surface area contributed by atoms with Crippen LogP contribution in [-0.4, -0.2) is 42.4 Å². The maximum atomic E-state index is 13.5. The molecular formula is C19H25FN6O2. The second kappa shape index (κ2) is 8.83. The largest absolute Gasteiger partial charge is 0.370 e. The van der Waals surface area contributed by atoms with E-state index in [1.165, 1.54) is 6.07 Å². The highest BCUT2D eigenvalue weighted by molar-refractivity contribution is 5.69. The molecule has 0 amide bonds. The topological polar surface area (TPSA) is 95.4 Å². The van der Waals surface area contributed by atoms with Crippen LogP contribution in [0.3, 0.4) is 0 Å². The molecule has 2 aromatic rings. The highest BCUT2D eigenvalue weighted by Gasteiger charge is 2.19. The second-order valence-electron chi connectivity index (χ2n) is 7.14. The van der Waals surface area contributed by atoms with Gasteiger partial charge in [0.25, 0.3) is 0 Å². The van der Waals surface area contributed by atoms with Crippen molar-refractivity contribution in [3.63, 3.8) is 0 Å². The van der Waals surface area contributed by atoms with Crippen molar-refractivity contribution in [1.82, 2.24) is 10.3 Å². The van der Waals surface area contributed by atoms with E-state index in [-0.39, 0.29) is 11.5 Å². The average Bonchev–Trinajstić information content (AvgIpc) is 2.67. The van der Waals surface area contributed by atoms with Gasteiger partial charge in [-0.2, -0.15) is 0 Å². The summed E-state index contributed by atoms with van der Waals surface area (Å²) >= 11 is 0. The Hall–Kier alpha value is -2.94. The van der Waals surface area contributed by atoms with E-state index in [4.69, 9.17) is 0 Å². The van der Waals surface area contributed by atoms with Gasteiger partial charge in [0.1, 0.15) is 5.82 Å². The van der Waals surface area contributed by atoms with Crippen LogP contribution < -0.4 is 20.9 Å². The minimum Gasteiger partial charge on any atom is -0.370 e. The molecule has 9 heteroatoms. The number of hydrogen-bond donors (Lipinski definition) is 3. The number of aromatic nitrogens is 1. The fourth-order valence-electron chi connectivity index (χ4n) is 2.93. The number of anilines is 4. The van der Waals surface area contributed by atoms with Crippen molar-refractivity contribution in [2.24, 2.45) is 5.92 Å². The van der Waals surface area contributed by atoms with Crippen molar-refractivity contribution < 1.29 is 9.31 Å². The van der Waals surface area contributed by atoms with Gasteiger partial charge in [-0.15, -0.1) is 0 Å². The highest BCUT2D eigenvalue weighted by Crippen LogP contribution is 2.28. The Morgan fingerprint density at radius 2 is 2.07 bits per heavy atom. The number of alkyl halides is 1. The van der Waals surface area contributed by atoms with Crippen molar-refractivity contribution in [3.8, 4) is 0 Å². The molecule has 1 aromatic carbocycles. The quantitative estimate of drug-likeness (QED) is 0.379. The molecule has 8 nitrogen and oxygen atoms in total. The van der Waals surface area contributed by atoms with Crippen molar-refractivity contribution in [1.29, 1.82) is 0 Å². The maximum Gasteiger partial charge on any atom is 0.311 e. The number of rotatable bonds is 7. The van der Waals surface area contributed by atoms with Crippen LogP contribution in [0.2, 0.25) is 0 Å². The molecule has 150 valence electrons. The van der Waals surface area contributed by atoms with Crippen LogP contribution in [0.15, 0.2) is 36.4 Å². The summed E-state index contributed by atoms with van der Waals surface area (Å²) in [5, 5.41) is 20.3. The van der Waals surface area contributed by atoms with E-state index in [9.17, 15) is 14.5 Å². The normalized spacial score (nSPS) is 16.9. The van der Waals surface area contributed by atoms with E-state index in [1.807, 2.05) is 29.2 Å². The monoisotopic (exact) mass is 388 g/mol. The van der Waals surface area contributed by atoms with Gasteiger partial charge < -0.3 is 15.5 Å². The van der Waals surface area contributed by atoms with Gasteiger partial charge in [-0.25, -0.2) is 9.37 Å². The fourth-order valence-corrected chi connectivity index (χ4v) is 2.93. The number of hydrogen-bond acceptors (Lipinski definition) is 7. The van der Waals surface area contributed by atoms with Crippen molar-refractivity contribution in [2.75, 3.05) is 41.7 Å². The van der Waals surface area contributed by atoms with Gasteiger partial charge in [0.15, 0.2) is 6.30 Å². The lowest BCUT2D eigenvalue weighted by molar-refractivity contribution is -0.384. The first kappa shape index (κ1) is 19.8. The molecule has 2 heterocycles. The Labute approximate surface area is 163 Å². The van der Waals surface area contributed by atoms with Crippen LogP contribution in [0.1, 0.15) is 13.8 Å². The average molecular weight is 388 g/mol. The predicted octanol–water partition coefficient (Wildman–Crippen LogP) is 3.51. The Balaban J connectivity index is 1.76. The summed E-state index contributed by atoms with van der Waals surface area (Å²) in [4.78, 5) is 17.2. The molecule has 28 heavy (non-hydrogen) atoms. The maximum absolute atomic E-state index is 13.5. The van der Waals surface area contributed by atoms with E-state index in [0.29, 0.717) is 30.5 Å². The minimum absolute atomic E-state index is 0.0958. The number of benzene rings is 1. The molecule has 1 fully saturated rings. The minimum atomic E-state index is -1.04. The molecule has 0 bridgehead atoms. The molecule has 0 spiro atoms. The van der Waals surface area contributed by atoms with Crippen LogP contribution in [0.4, 0.5) is 33.1 Å². The summed E-state index contributed by atoms with van der Waals surface area (Å²) < 4.78 is 13.5. The Morgan fingerprint density at radius 3 is 2.71 bits per heavy atom. The number of halogens is 1. The zero-order valence-electron chi connectivity index (χ0n) is 16.0. The van der Waals surface area contributed by atoms with Crippen molar-refractivity contribution >= 4 is 28.7 Å². The summed E-state index contributed by atoms with van der Waals surface area (Å²) in [6.45, 7) is 6.48. The molecule has 0 saturated carbocycles. The van der Waals surface area contributed by atoms with Gasteiger partial charge in [0.05, 0.1) is 11.5 Å². The van der Waals surface area contributed by atoms with Gasteiger partial charge >= 0.3 is 5.69 Å². The lowest BCUT2D eigenvalue weighted by Crippen LogP contribution is -2.48. The third-order valence-corrected chi connectivity index (χ3v) is 4.39. The summed E-state index contributed by atoms with van der Waals surface area (Å²) in [5.74, 6) is 1.18. The van der Waals surface area contributed by atoms with Crippen molar-refractivity contribution in [2.45, 2.75) is 20.1 Å². The van der Waals surface area contributed by atoms with Crippen LogP contribution in [0, 0.1) is 16.0 Å². The van der Waals surface area contributed by atoms with E-state index < -0.39 is 11.2 Å². The molecule has 1 saturated heterocycles. The van der Waals surface area contributed by atoms with E-state index in [0.717, 1.165) is 18.8 Å². The number of pyridine rings is 1. The lowest BCUT2D eigenvalue weighted by Gasteiger charge is -2.31. The summed E-state index contributed by atoms with van der Waals surface area (Å²) in [7, 11) is 0. The van der Waals surface area contributed by atoms with Crippen LogP contribution in [0.5, 0.6) is 0 Å². The van der Waals surface area contributed by atoms with E-state index in [2.05, 4.69) is 34.8 Å². The SMILES string of the molecule is CC(C)CNc1ccc([N+](=O)[O-])c(Nc2ccc(N3CCNC(F)C3)cc2)n1. The first-order chi connectivity index (χ1) is 13.4. The third-order valence-electron chi connectivity index (χ3n) is 4.39. The number of nitrogens with one attached hydrogen (secondary N) is 3. The molecule has 1 aromatic heterocycles. The Morgan fingerprint density at radius 1 is 1.32 bits per heavy atom. The van der Waals surface area contributed by atoms with E-state index >= 15 is 0 Å². The second-order valence-corrected chi connectivity index (χ2v) is 7.14. The zero-order valence-corrected chi connectivity index (χ0v) is 16.0. The molecule has 1 aliphatic heterocycles. The first-order valence-corrected chi connectivity index (χ1v) is 9.31. The summed E-state index contributed by atoms with van der Waals surface area (Å²) in [5.41, 5.74) is 1.48. The third kappa shape index (κ3) is 5.07. The van der Waals surface area contributed by atoms with Gasteiger partial charge in [-0.3, -0.25) is 15.4 Å². The smallest absolute Gasteiger partial charge is 0.311 e. The van der Waals surface area contributed by atoms with Crippen molar-refractivity contribution in [3.05, 3.63) is 46.5 Å². The molecule has 1 atom stereocenters. The lowest BCUT2D eigenvalue weighted by atomic mass is 10.2. The zero-order chi connectivity index (χ0) is 20.1. The van der Waals surface area contributed by atoms with Gasteiger partial charge in [-0.05, 0) is 36.2 Å². The first-order valence-electron chi connectivity index (χ1n) is 9.31. The van der Waals surface area contributed by atoms with Crippen LogP contribution >= 0.6 is 0 Å². The predicted molar refractivity (Wildman–Crippen MR) is 109 cm³/mol. The number of piperazine rings is 1. The van der Waals surface area contributed by atoms with E-state index in [1.54, 1.807) is 6.07 Å². The molecule has 3 N–H and O–H groups in total.